The van der Waals surface area contributed by atoms with Gasteiger partial charge < -0.3 is 19.9 Å². The zero-order valence-corrected chi connectivity index (χ0v) is 15.7. The number of nitrogens with one attached hydrogen (secondary N) is 1. The van der Waals surface area contributed by atoms with E-state index < -0.39 is 11.9 Å². The first-order valence-electron chi connectivity index (χ1n) is 8.63. The highest BCUT2D eigenvalue weighted by Crippen LogP contribution is 2.28. The molecule has 0 aliphatic carbocycles. The van der Waals surface area contributed by atoms with Gasteiger partial charge >= 0.3 is 5.97 Å². The van der Waals surface area contributed by atoms with Crippen LogP contribution in [0.25, 0.3) is 6.08 Å². The monoisotopic (exact) mass is 379 g/mol. The van der Waals surface area contributed by atoms with Crippen molar-refractivity contribution in [3.05, 3.63) is 59.7 Å². The number of hydrogen-bond acceptors (Lipinski definition) is 4. The zero-order valence-electron chi connectivity index (χ0n) is 15.7. The average molecular weight is 379 g/mol. The van der Waals surface area contributed by atoms with Crippen LogP contribution < -0.4 is 14.8 Å². The summed E-state index contributed by atoms with van der Waals surface area (Å²) in [5.41, 5.74) is 0.989. The SMILES string of the molecule is CCC#CCOc1ccc(C=CC(=O)Nc2ccccc2C(=O)O)cc1OC. The normalized spacial score (nSPS) is 10.1. The third kappa shape index (κ3) is 5.92. The molecule has 0 unspecified atom stereocenters. The van der Waals surface area contributed by atoms with Crippen molar-refractivity contribution in [2.75, 3.05) is 19.0 Å². The van der Waals surface area contributed by atoms with E-state index in [2.05, 4.69) is 17.2 Å². The minimum Gasteiger partial charge on any atom is -0.493 e. The number of anilines is 1. The van der Waals surface area contributed by atoms with Crippen LogP contribution in [0.3, 0.4) is 0 Å². The molecule has 0 atom stereocenters. The van der Waals surface area contributed by atoms with Gasteiger partial charge in [0.1, 0.15) is 6.61 Å². The molecule has 0 fully saturated rings. The summed E-state index contributed by atoms with van der Waals surface area (Å²) in [4.78, 5) is 23.3. The maximum Gasteiger partial charge on any atom is 0.337 e. The maximum absolute atomic E-state index is 12.1. The van der Waals surface area contributed by atoms with Crippen LogP contribution in [0.1, 0.15) is 29.3 Å². The Kier molecular flexibility index (Phi) is 7.67. The average Bonchev–Trinajstić information content (AvgIpc) is 2.70. The molecule has 0 aliphatic rings. The summed E-state index contributed by atoms with van der Waals surface area (Å²) in [6.45, 7) is 2.23. The largest absolute Gasteiger partial charge is 0.493 e. The first-order valence-corrected chi connectivity index (χ1v) is 8.63. The number of para-hydroxylation sites is 1. The lowest BCUT2D eigenvalue weighted by molar-refractivity contribution is -0.111. The summed E-state index contributed by atoms with van der Waals surface area (Å²) >= 11 is 0. The number of methoxy groups -OCH3 is 1. The van der Waals surface area contributed by atoms with Crippen LogP contribution in [0.15, 0.2) is 48.5 Å². The molecule has 0 aromatic heterocycles. The topological polar surface area (TPSA) is 84.9 Å². The molecule has 0 spiro atoms. The van der Waals surface area contributed by atoms with Crippen molar-refractivity contribution in [3.8, 4) is 23.3 Å². The van der Waals surface area contributed by atoms with Crippen molar-refractivity contribution < 1.29 is 24.2 Å². The molecule has 0 heterocycles. The second-order valence-corrected chi connectivity index (χ2v) is 5.58. The number of carboxylic acids is 1. The lowest BCUT2D eigenvalue weighted by atomic mass is 10.1. The molecule has 0 bridgehead atoms. The van der Waals surface area contributed by atoms with E-state index in [1.54, 1.807) is 36.4 Å². The molecule has 0 aliphatic heterocycles. The van der Waals surface area contributed by atoms with E-state index in [1.807, 2.05) is 6.92 Å². The number of rotatable bonds is 7. The van der Waals surface area contributed by atoms with Crippen LogP contribution in [0.2, 0.25) is 0 Å². The predicted molar refractivity (Wildman–Crippen MR) is 108 cm³/mol. The Hall–Kier alpha value is -3.72. The van der Waals surface area contributed by atoms with E-state index >= 15 is 0 Å². The Morgan fingerprint density at radius 3 is 2.64 bits per heavy atom. The molecule has 0 saturated heterocycles. The van der Waals surface area contributed by atoms with Crippen molar-refractivity contribution in [1.82, 2.24) is 0 Å². The molecule has 2 aromatic carbocycles. The summed E-state index contributed by atoms with van der Waals surface area (Å²) in [6.07, 6.45) is 3.69. The van der Waals surface area contributed by atoms with Gasteiger partial charge in [0.05, 0.1) is 18.4 Å². The fraction of sp³-hybridized carbons (Fsp3) is 0.182. The fourth-order valence-electron chi connectivity index (χ4n) is 2.32. The van der Waals surface area contributed by atoms with Gasteiger partial charge in [0.2, 0.25) is 5.91 Å². The number of carboxylic acid groups (broad SMARTS) is 1. The van der Waals surface area contributed by atoms with E-state index in [4.69, 9.17) is 14.6 Å². The third-order valence-corrected chi connectivity index (χ3v) is 3.63. The van der Waals surface area contributed by atoms with Gasteiger partial charge in [0.15, 0.2) is 11.5 Å². The first kappa shape index (κ1) is 20.6. The molecule has 28 heavy (non-hydrogen) atoms. The van der Waals surface area contributed by atoms with Gasteiger partial charge in [-0.2, -0.15) is 0 Å². The summed E-state index contributed by atoms with van der Waals surface area (Å²) in [7, 11) is 1.53. The molecule has 144 valence electrons. The van der Waals surface area contributed by atoms with Gasteiger partial charge in [-0.1, -0.05) is 31.0 Å². The number of aromatic carboxylic acids is 1. The fourth-order valence-corrected chi connectivity index (χ4v) is 2.32. The van der Waals surface area contributed by atoms with Crippen molar-refractivity contribution in [1.29, 1.82) is 0 Å². The summed E-state index contributed by atoms with van der Waals surface area (Å²) in [6, 6.07) is 11.5. The maximum atomic E-state index is 12.1. The number of carbonyl (C=O) groups excluding carboxylic acids is 1. The van der Waals surface area contributed by atoms with Gasteiger partial charge in [-0.05, 0) is 35.9 Å². The van der Waals surface area contributed by atoms with Crippen molar-refractivity contribution >= 4 is 23.6 Å². The highest BCUT2D eigenvalue weighted by Gasteiger charge is 2.10. The molecule has 6 heteroatoms. The smallest absolute Gasteiger partial charge is 0.337 e. The molecule has 2 N–H and O–H groups in total. The minimum atomic E-state index is -1.11. The first-order chi connectivity index (χ1) is 13.5. The molecular weight excluding hydrogens is 358 g/mol. The van der Waals surface area contributed by atoms with Gasteiger partial charge in [-0.15, -0.1) is 5.92 Å². The van der Waals surface area contributed by atoms with E-state index in [1.165, 1.54) is 25.3 Å². The Morgan fingerprint density at radius 1 is 1.14 bits per heavy atom. The lowest BCUT2D eigenvalue weighted by Crippen LogP contribution is -2.11. The summed E-state index contributed by atoms with van der Waals surface area (Å²) < 4.78 is 10.9. The Balaban J connectivity index is 2.07. The van der Waals surface area contributed by atoms with E-state index in [9.17, 15) is 9.59 Å². The van der Waals surface area contributed by atoms with Crippen molar-refractivity contribution in [2.24, 2.45) is 0 Å². The summed E-state index contributed by atoms with van der Waals surface area (Å²) in [5.74, 6) is 5.35. The molecule has 6 nitrogen and oxygen atoms in total. The molecule has 1 amide bonds. The van der Waals surface area contributed by atoms with Crippen molar-refractivity contribution in [3.63, 3.8) is 0 Å². The Labute approximate surface area is 163 Å². The van der Waals surface area contributed by atoms with Gasteiger partial charge in [-0.3, -0.25) is 4.79 Å². The van der Waals surface area contributed by atoms with E-state index in [0.717, 1.165) is 12.0 Å². The predicted octanol–water partition coefficient (Wildman–Crippen LogP) is 3.84. The molecule has 0 saturated carbocycles. The van der Waals surface area contributed by atoms with Gasteiger partial charge in [-0.25, -0.2) is 4.79 Å². The molecule has 0 radical (unpaired) electrons. The second kappa shape index (κ2) is 10.4. The number of amides is 1. The van der Waals surface area contributed by atoms with Crippen LogP contribution >= 0.6 is 0 Å². The van der Waals surface area contributed by atoms with Crippen LogP contribution in [-0.4, -0.2) is 30.7 Å². The zero-order chi connectivity index (χ0) is 20.4. The van der Waals surface area contributed by atoms with Crippen LogP contribution in [0.4, 0.5) is 5.69 Å². The minimum absolute atomic E-state index is 0.0265. The number of hydrogen-bond donors (Lipinski definition) is 2. The highest BCUT2D eigenvalue weighted by atomic mass is 16.5. The van der Waals surface area contributed by atoms with Crippen LogP contribution in [-0.2, 0) is 4.79 Å². The standard InChI is InChI=1S/C22H21NO5/c1-3-4-7-14-28-19-12-10-16(15-20(19)27-2)11-13-21(24)23-18-9-6-5-8-17(18)22(25)26/h5-6,8-13,15H,3,14H2,1-2H3,(H,23,24)(H,25,26). The van der Waals surface area contributed by atoms with Crippen LogP contribution in [0, 0.1) is 11.8 Å². The van der Waals surface area contributed by atoms with E-state index in [0.29, 0.717) is 11.5 Å². The quantitative estimate of drug-likeness (QED) is 0.564. The Morgan fingerprint density at radius 2 is 1.93 bits per heavy atom. The van der Waals surface area contributed by atoms with Crippen molar-refractivity contribution in [2.45, 2.75) is 13.3 Å². The number of ether oxygens (including phenoxy) is 2. The Bertz CT molecular complexity index is 937. The number of carbonyl (C=O) groups is 2. The van der Waals surface area contributed by atoms with Gasteiger partial charge in [0, 0.05) is 12.5 Å². The highest BCUT2D eigenvalue weighted by molar-refractivity contribution is 6.06. The molecule has 2 aromatic rings. The number of benzene rings is 2. The summed E-state index contributed by atoms with van der Waals surface area (Å²) in [5, 5.41) is 11.7. The van der Waals surface area contributed by atoms with Crippen LogP contribution in [0.5, 0.6) is 11.5 Å². The second-order valence-electron chi connectivity index (χ2n) is 5.58. The van der Waals surface area contributed by atoms with Gasteiger partial charge in [0.25, 0.3) is 0 Å². The lowest BCUT2D eigenvalue weighted by Gasteiger charge is -2.09. The molecule has 2 rings (SSSR count). The molecular formula is C22H21NO5. The third-order valence-electron chi connectivity index (χ3n) is 3.63. The van der Waals surface area contributed by atoms with E-state index in [-0.39, 0.29) is 17.9 Å².